The summed E-state index contributed by atoms with van der Waals surface area (Å²) in [4.78, 5) is 19.2. The van der Waals surface area contributed by atoms with E-state index in [1.807, 2.05) is 13.8 Å². The highest BCUT2D eigenvalue weighted by atomic mass is 16.2. The third-order valence-corrected chi connectivity index (χ3v) is 4.58. The van der Waals surface area contributed by atoms with Gasteiger partial charge < -0.3 is 4.90 Å². The predicted octanol–water partition coefficient (Wildman–Crippen LogP) is 2.89. The zero-order valence-corrected chi connectivity index (χ0v) is 15.5. The van der Waals surface area contributed by atoms with E-state index in [0.29, 0.717) is 18.2 Å². The van der Waals surface area contributed by atoms with Gasteiger partial charge in [0.15, 0.2) is 0 Å². The molecule has 0 unspecified atom stereocenters. The second-order valence-corrected chi connectivity index (χ2v) is 7.04. The van der Waals surface area contributed by atoms with Crippen LogP contribution < -0.4 is 0 Å². The fourth-order valence-corrected chi connectivity index (χ4v) is 3.10. The highest BCUT2D eigenvalue weighted by Gasteiger charge is 2.23. The van der Waals surface area contributed by atoms with Crippen LogP contribution in [0.15, 0.2) is 0 Å². The number of carbonyl (C=O) groups is 1. The lowest BCUT2D eigenvalue weighted by atomic mass is 10.00. The number of nitrogens with zero attached hydrogens (tertiary/aromatic N) is 3. The van der Waals surface area contributed by atoms with E-state index < -0.39 is 0 Å². The number of hydrogen-bond acceptors (Lipinski definition) is 3. The monoisotopic (exact) mass is 311 g/mol. The van der Waals surface area contributed by atoms with Gasteiger partial charge in [-0.3, -0.25) is 14.6 Å². The lowest BCUT2D eigenvalue weighted by Gasteiger charge is -2.39. The fourth-order valence-electron chi connectivity index (χ4n) is 3.10. The molecule has 2 rings (SSSR count). The van der Waals surface area contributed by atoms with Gasteiger partial charge in [-0.1, -0.05) is 34.6 Å². The van der Waals surface area contributed by atoms with E-state index in [1.54, 1.807) is 0 Å². The molecule has 0 aliphatic carbocycles. The fraction of sp³-hybridized carbons (Fsp3) is 0.944. The van der Waals surface area contributed by atoms with Crippen molar-refractivity contribution in [2.24, 2.45) is 11.8 Å². The Morgan fingerprint density at radius 1 is 0.955 bits per heavy atom. The number of amides is 1. The minimum atomic E-state index is 0.339. The first-order valence-electron chi connectivity index (χ1n) is 9.27. The van der Waals surface area contributed by atoms with Crippen molar-refractivity contribution >= 4 is 5.91 Å². The number of rotatable bonds is 4. The molecule has 0 aromatic carbocycles. The first kappa shape index (κ1) is 19.4. The molecule has 0 saturated carbocycles. The summed E-state index contributed by atoms with van der Waals surface area (Å²) >= 11 is 0. The highest BCUT2D eigenvalue weighted by molar-refractivity contribution is 5.76. The van der Waals surface area contributed by atoms with Gasteiger partial charge >= 0.3 is 0 Å². The van der Waals surface area contributed by atoms with Gasteiger partial charge in [-0.15, -0.1) is 0 Å². The van der Waals surface area contributed by atoms with Crippen LogP contribution in [0.1, 0.15) is 53.9 Å². The van der Waals surface area contributed by atoms with Gasteiger partial charge in [0, 0.05) is 32.6 Å². The third kappa shape index (κ3) is 6.66. The third-order valence-electron chi connectivity index (χ3n) is 4.58. The summed E-state index contributed by atoms with van der Waals surface area (Å²) in [6.07, 6.45) is 3.38. The molecule has 4 heteroatoms. The quantitative estimate of drug-likeness (QED) is 0.799. The molecule has 130 valence electrons. The Hall–Kier alpha value is -0.610. The van der Waals surface area contributed by atoms with E-state index in [9.17, 15) is 4.79 Å². The topological polar surface area (TPSA) is 26.8 Å². The first-order valence-corrected chi connectivity index (χ1v) is 9.27. The Bertz CT molecular complexity index is 303. The van der Waals surface area contributed by atoms with Crippen molar-refractivity contribution in [1.82, 2.24) is 14.7 Å². The molecule has 0 bridgehead atoms. The zero-order chi connectivity index (χ0) is 16.5. The van der Waals surface area contributed by atoms with Gasteiger partial charge in [0.25, 0.3) is 0 Å². The van der Waals surface area contributed by atoms with Gasteiger partial charge in [0.05, 0.1) is 6.67 Å². The molecule has 22 heavy (non-hydrogen) atoms. The predicted molar refractivity (Wildman–Crippen MR) is 93.8 cm³/mol. The second kappa shape index (κ2) is 10.2. The van der Waals surface area contributed by atoms with E-state index in [4.69, 9.17) is 0 Å². The van der Waals surface area contributed by atoms with Crippen LogP contribution in [0.5, 0.6) is 0 Å². The summed E-state index contributed by atoms with van der Waals surface area (Å²) in [5, 5.41) is 0. The van der Waals surface area contributed by atoms with Gasteiger partial charge in [-0.2, -0.15) is 0 Å². The molecule has 2 aliphatic rings. The molecule has 0 N–H and O–H groups in total. The number of piperazine rings is 1. The van der Waals surface area contributed by atoms with Crippen molar-refractivity contribution in [3.8, 4) is 0 Å². The minimum Gasteiger partial charge on any atom is -0.340 e. The molecule has 0 aromatic heterocycles. The van der Waals surface area contributed by atoms with Crippen molar-refractivity contribution in [3.05, 3.63) is 0 Å². The number of hydrogen-bond donors (Lipinski definition) is 0. The number of likely N-dealkylation sites (tertiary alicyclic amines) is 1. The summed E-state index contributed by atoms with van der Waals surface area (Å²) in [6, 6.07) is 0. The Morgan fingerprint density at radius 3 is 1.95 bits per heavy atom. The number of piperidine rings is 1. The van der Waals surface area contributed by atoms with Crippen LogP contribution in [0.4, 0.5) is 0 Å². The smallest absolute Gasteiger partial charge is 0.222 e. The van der Waals surface area contributed by atoms with E-state index in [1.165, 1.54) is 25.9 Å². The molecule has 2 aliphatic heterocycles. The van der Waals surface area contributed by atoms with Gasteiger partial charge in [0.1, 0.15) is 0 Å². The van der Waals surface area contributed by atoms with Gasteiger partial charge in [0.2, 0.25) is 5.91 Å². The van der Waals surface area contributed by atoms with Crippen LogP contribution in [0.3, 0.4) is 0 Å². The van der Waals surface area contributed by atoms with Gasteiger partial charge in [-0.05, 0) is 37.8 Å². The van der Waals surface area contributed by atoms with Crippen LogP contribution in [0.2, 0.25) is 0 Å². The van der Waals surface area contributed by atoms with Crippen molar-refractivity contribution in [2.45, 2.75) is 53.9 Å². The maximum atomic E-state index is 12.0. The molecular formula is C18H37N3O. The van der Waals surface area contributed by atoms with E-state index in [2.05, 4.69) is 35.5 Å². The standard InChI is InChI=1S/C16H31N3O.C2H6/c1-14(2)12-16(20)19-10-8-18(9-11-19)13-17-6-4-15(3)5-7-17;1-2/h14-15H,4-13H2,1-3H3;1-2H3. The molecule has 2 fully saturated rings. The lowest BCUT2D eigenvalue weighted by Crippen LogP contribution is -2.52. The summed E-state index contributed by atoms with van der Waals surface area (Å²) in [7, 11) is 0. The molecule has 2 heterocycles. The Balaban J connectivity index is 0.00000116. The van der Waals surface area contributed by atoms with Gasteiger partial charge in [-0.25, -0.2) is 0 Å². The average Bonchev–Trinajstić information content (AvgIpc) is 2.51. The highest BCUT2D eigenvalue weighted by Crippen LogP contribution is 2.16. The average molecular weight is 312 g/mol. The van der Waals surface area contributed by atoms with Crippen molar-refractivity contribution in [1.29, 1.82) is 0 Å². The van der Waals surface area contributed by atoms with Crippen molar-refractivity contribution < 1.29 is 4.79 Å². The molecule has 0 spiro atoms. The summed E-state index contributed by atoms with van der Waals surface area (Å²) in [6.45, 7) is 18.1. The molecule has 0 atom stereocenters. The molecule has 0 aromatic rings. The Labute approximate surface area is 137 Å². The maximum Gasteiger partial charge on any atom is 0.222 e. The number of carbonyl (C=O) groups excluding carboxylic acids is 1. The van der Waals surface area contributed by atoms with Crippen LogP contribution in [0.25, 0.3) is 0 Å². The van der Waals surface area contributed by atoms with Crippen LogP contribution in [-0.4, -0.2) is 66.5 Å². The normalized spacial score (nSPS) is 21.6. The maximum absolute atomic E-state index is 12.0. The largest absolute Gasteiger partial charge is 0.340 e. The summed E-state index contributed by atoms with van der Waals surface area (Å²) in [5.74, 6) is 1.71. The van der Waals surface area contributed by atoms with Crippen molar-refractivity contribution in [3.63, 3.8) is 0 Å². The Morgan fingerprint density at radius 2 is 1.45 bits per heavy atom. The molecule has 2 saturated heterocycles. The second-order valence-electron chi connectivity index (χ2n) is 7.04. The van der Waals surface area contributed by atoms with Crippen LogP contribution >= 0.6 is 0 Å². The minimum absolute atomic E-state index is 0.339. The van der Waals surface area contributed by atoms with Crippen molar-refractivity contribution in [2.75, 3.05) is 45.9 Å². The first-order chi connectivity index (χ1) is 10.5. The Kier molecular flexibility index (Phi) is 9.03. The molecule has 4 nitrogen and oxygen atoms in total. The van der Waals surface area contributed by atoms with E-state index in [0.717, 1.165) is 38.8 Å². The molecule has 1 amide bonds. The SMILES string of the molecule is CC.CC(C)CC(=O)N1CCN(CN2CCC(C)CC2)CC1. The molecule has 0 radical (unpaired) electrons. The summed E-state index contributed by atoms with van der Waals surface area (Å²) < 4.78 is 0. The lowest BCUT2D eigenvalue weighted by molar-refractivity contribution is -0.134. The van der Waals surface area contributed by atoms with E-state index in [-0.39, 0.29) is 0 Å². The van der Waals surface area contributed by atoms with E-state index >= 15 is 0 Å². The van der Waals surface area contributed by atoms with Crippen LogP contribution in [-0.2, 0) is 4.79 Å². The molecular weight excluding hydrogens is 274 g/mol. The summed E-state index contributed by atoms with van der Waals surface area (Å²) in [5.41, 5.74) is 0. The van der Waals surface area contributed by atoms with Crippen LogP contribution in [0, 0.1) is 11.8 Å². The zero-order valence-electron chi connectivity index (χ0n) is 15.5.